The lowest BCUT2D eigenvalue weighted by atomic mass is 10.2. The van der Waals surface area contributed by atoms with Crippen LogP contribution in [0.15, 0.2) is 48.5 Å². The van der Waals surface area contributed by atoms with Crippen LogP contribution in [-0.4, -0.2) is 11.9 Å². The zero-order chi connectivity index (χ0) is 15.2. The summed E-state index contributed by atoms with van der Waals surface area (Å²) in [7, 11) is 0. The minimum atomic E-state index is -0.970. The molecule has 0 unspecified atom stereocenters. The highest BCUT2D eigenvalue weighted by molar-refractivity contribution is 5.89. The second kappa shape index (κ2) is 6.58. The Morgan fingerprint density at radius 2 is 1.00 bits per heavy atom. The third-order valence-electron chi connectivity index (χ3n) is 2.38. The first-order valence-corrected chi connectivity index (χ1v) is 5.67. The van der Waals surface area contributed by atoms with Crippen LogP contribution in [0.2, 0.25) is 0 Å². The second-order valence-electron chi connectivity index (χ2n) is 3.82. The first-order valence-electron chi connectivity index (χ1n) is 5.67. The number of hydrogen-bond donors (Lipinski definition) is 0. The Labute approximate surface area is 117 Å². The minimum absolute atomic E-state index is 0.00855. The fourth-order valence-corrected chi connectivity index (χ4v) is 1.35. The molecule has 7 heteroatoms. The second-order valence-corrected chi connectivity index (χ2v) is 3.82. The molecule has 0 heterocycles. The SMILES string of the molecule is O=C(OOOC(=O)c1ccc(F)cc1)c1ccc(F)cc1. The molecule has 0 saturated carbocycles. The first kappa shape index (κ1) is 14.6. The van der Waals surface area contributed by atoms with Crippen LogP contribution in [-0.2, 0) is 14.8 Å². The highest BCUT2D eigenvalue weighted by atomic mass is 19.1. The number of carbonyl (C=O) groups is 2. The molecule has 0 aliphatic carbocycles. The number of benzene rings is 2. The highest BCUT2D eigenvalue weighted by Gasteiger charge is 2.13. The summed E-state index contributed by atoms with van der Waals surface area (Å²) in [5.41, 5.74) is 0.0171. The van der Waals surface area contributed by atoms with E-state index in [0.717, 1.165) is 24.3 Å². The van der Waals surface area contributed by atoms with Gasteiger partial charge >= 0.3 is 11.9 Å². The molecule has 0 fully saturated rings. The number of hydrogen-bond acceptors (Lipinski definition) is 5. The van der Waals surface area contributed by atoms with Crippen molar-refractivity contribution in [2.24, 2.45) is 0 Å². The fraction of sp³-hybridized carbons (Fsp3) is 0. The molecule has 0 aromatic heterocycles. The van der Waals surface area contributed by atoms with Gasteiger partial charge in [0.1, 0.15) is 11.6 Å². The highest BCUT2D eigenvalue weighted by Crippen LogP contribution is 2.07. The van der Waals surface area contributed by atoms with Crippen LogP contribution in [0, 0.1) is 11.6 Å². The molecule has 0 amide bonds. The molecule has 2 aromatic rings. The van der Waals surface area contributed by atoms with Crippen molar-refractivity contribution in [2.45, 2.75) is 0 Å². The molecule has 0 atom stereocenters. The van der Waals surface area contributed by atoms with E-state index in [1.807, 2.05) is 0 Å². The standard InChI is InChI=1S/C14H8F2O5/c15-11-5-1-9(2-6-11)13(17)19-21-20-14(18)10-3-7-12(16)8-4-10/h1-8H. The predicted octanol–water partition coefficient (Wildman–Crippen LogP) is 2.83. The van der Waals surface area contributed by atoms with Crippen molar-refractivity contribution in [3.8, 4) is 0 Å². The van der Waals surface area contributed by atoms with Gasteiger partial charge in [-0.1, -0.05) is 0 Å². The average Bonchev–Trinajstić information content (AvgIpc) is 2.48. The van der Waals surface area contributed by atoms with Gasteiger partial charge in [0.05, 0.1) is 11.1 Å². The summed E-state index contributed by atoms with van der Waals surface area (Å²) in [4.78, 5) is 31.2. The summed E-state index contributed by atoms with van der Waals surface area (Å²) < 4.78 is 25.3. The summed E-state index contributed by atoms with van der Waals surface area (Å²) in [5, 5.41) is 4.04. The largest absolute Gasteiger partial charge is 0.377 e. The lowest BCUT2D eigenvalue weighted by Gasteiger charge is -2.02. The predicted molar refractivity (Wildman–Crippen MR) is 64.7 cm³/mol. The Kier molecular flexibility index (Phi) is 4.57. The maximum absolute atomic E-state index is 12.6. The summed E-state index contributed by atoms with van der Waals surface area (Å²) in [6, 6.07) is 8.90. The molecule has 0 radical (unpaired) electrons. The maximum atomic E-state index is 12.6. The van der Waals surface area contributed by atoms with Gasteiger partial charge in [0.25, 0.3) is 0 Å². The van der Waals surface area contributed by atoms with Gasteiger partial charge in [-0.05, 0) is 48.5 Å². The molecule has 5 nitrogen and oxygen atoms in total. The normalized spacial score (nSPS) is 10.0. The van der Waals surface area contributed by atoms with E-state index in [-0.39, 0.29) is 11.1 Å². The lowest BCUT2D eigenvalue weighted by Crippen LogP contribution is -2.11. The van der Waals surface area contributed by atoms with Gasteiger partial charge < -0.3 is 0 Å². The van der Waals surface area contributed by atoms with Gasteiger partial charge in [-0.25, -0.2) is 18.4 Å². The third kappa shape index (κ3) is 4.08. The Morgan fingerprint density at radius 3 is 1.33 bits per heavy atom. The summed E-state index contributed by atoms with van der Waals surface area (Å²) >= 11 is 0. The van der Waals surface area contributed by atoms with Gasteiger partial charge in [-0.2, -0.15) is 0 Å². The van der Waals surface area contributed by atoms with Gasteiger partial charge in [0, 0.05) is 5.04 Å². The van der Waals surface area contributed by atoms with Crippen molar-refractivity contribution >= 4 is 11.9 Å². The fourth-order valence-electron chi connectivity index (χ4n) is 1.35. The molecule has 2 rings (SSSR count). The van der Waals surface area contributed by atoms with E-state index in [2.05, 4.69) is 14.8 Å². The Hall–Kier alpha value is -2.80. The van der Waals surface area contributed by atoms with Gasteiger partial charge in [-0.15, -0.1) is 0 Å². The molecule has 0 bridgehead atoms. The molecule has 0 spiro atoms. The molecular formula is C14H8F2O5. The Morgan fingerprint density at radius 1 is 0.667 bits per heavy atom. The smallest absolute Gasteiger partial charge is 0.254 e. The van der Waals surface area contributed by atoms with Crippen LogP contribution < -0.4 is 0 Å². The molecule has 21 heavy (non-hydrogen) atoms. The van der Waals surface area contributed by atoms with Crippen LogP contribution in [0.1, 0.15) is 20.7 Å². The van der Waals surface area contributed by atoms with Gasteiger partial charge in [0.15, 0.2) is 0 Å². The van der Waals surface area contributed by atoms with Crippen LogP contribution in [0.25, 0.3) is 0 Å². The topological polar surface area (TPSA) is 61.8 Å². The van der Waals surface area contributed by atoms with Crippen molar-refractivity contribution in [1.29, 1.82) is 0 Å². The summed E-state index contributed by atoms with van der Waals surface area (Å²) in [6.45, 7) is 0. The Balaban J connectivity index is 1.83. The maximum Gasteiger partial charge on any atom is 0.377 e. The van der Waals surface area contributed by atoms with E-state index in [1.54, 1.807) is 0 Å². The number of halogens is 2. The van der Waals surface area contributed by atoms with E-state index in [9.17, 15) is 18.4 Å². The molecule has 0 saturated heterocycles. The van der Waals surface area contributed by atoms with Crippen LogP contribution >= 0.6 is 0 Å². The Bertz CT molecular complexity index is 580. The monoisotopic (exact) mass is 294 g/mol. The van der Waals surface area contributed by atoms with E-state index < -0.39 is 23.6 Å². The first-order chi connectivity index (χ1) is 10.1. The van der Waals surface area contributed by atoms with Crippen molar-refractivity contribution < 1.29 is 33.2 Å². The van der Waals surface area contributed by atoms with E-state index in [0.29, 0.717) is 0 Å². The number of carbonyl (C=O) groups excluding carboxylic acids is 2. The third-order valence-corrected chi connectivity index (χ3v) is 2.38. The number of rotatable bonds is 4. The van der Waals surface area contributed by atoms with Crippen LogP contribution in [0.4, 0.5) is 8.78 Å². The van der Waals surface area contributed by atoms with Crippen molar-refractivity contribution in [3.63, 3.8) is 0 Å². The van der Waals surface area contributed by atoms with Crippen molar-refractivity contribution in [1.82, 2.24) is 0 Å². The minimum Gasteiger partial charge on any atom is -0.254 e. The molecular weight excluding hydrogens is 286 g/mol. The van der Waals surface area contributed by atoms with Crippen molar-refractivity contribution in [2.75, 3.05) is 0 Å². The van der Waals surface area contributed by atoms with E-state index in [4.69, 9.17) is 0 Å². The average molecular weight is 294 g/mol. The van der Waals surface area contributed by atoms with Crippen LogP contribution in [0.5, 0.6) is 0 Å². The molecule has 108 valence electrons. The summed E-state index contributed by atoms with van der Waals surface area (Å²) in [6.07, 6.45) is 0. The molecule has 0 aliphatic heterocycles. The summed E-state index contributed by atoms with van der Waals surface area (Å²) in [5.74, 6) is -2.98. The molecule has 2 aromatic carbocycles. The zero-order valence-electron chi connectivity index (χ0n) is 10.4. The lowest BCUT2D eigenvalue weighted by molar-refractivity contribution is -0.446. The van der Waals surface area contributed by atoms with Crippen LogP contribution in [0.3, 0.4) is 0 Å². The molecule has 0 aliphatic rings. The zero-order valence-corrected chi connectivity index (χ0v) is 10.4. The van der Waals surface area contributed by atoms with E-state index >= 15 is 0 Å². The van der Waals surface area contributed by atoms with E-state index in [1.165, 1.54) is 24.3 Å². The van der Waals surface area contributed by atoms with Gasteiger partial charge in [-0.3, -0.25) is 9.78 Å². The van der Waals surface area contributed by atoms with Crippen molar-refractivity contribution in [3.05, 3.63) is 71.3 Å². The quantitative estimate of drug-likeness (QED) is 0.641. The van der Waals surface area contributed by atoms with Gasteiger partial charge in [0.2, 0.25) is 0 Å². The molecule has 0 N–H and O–H groups in total.